The van der Waals surface area contributed by atoms with E-state index in [1.165, 1.54) is 11.1 Å². The highest BCUT2D eigenvalue weighted by Gasteiger charge is 2.14. The van der Waals surface area contributed by atoms with E-state index < -0.39 is 6.10 Å². The Morgan fingerprint density at radius 1 is 1.12 bits per heavy atom. The molecule has 2 aromatic carbocycles. The number of hydrogen-bond acceptors (Lipinski definition) is 3. The minimum absolute atomic E-state index is 0.435. The molecule has 0 radical (unpaired) electrons. The van der Waals surface area contributed by atoms with E-state index in [2.05, 4.69) is 48.5 Å². The molecule has 0 amide bonds. The van der Waals surface area contributed by atoms with Gasteiger partial charge in [0.1, 0.15) is 17.7 Å². The summed E-state index contributed by atoms with van der Waals surface area (Å²) in [4.78, 5) is 4.57. The Hall–Kier alpha value is -2.33. The first-order valence-electron chi connectivity index (χ1n) is 9.34. The standard InChI is InChI=1S/C22H28N2O2/c1-15(2)18-11-10-16(3)14-21(18)26-13-7-12-24-20-9-6-5-8-19(20)23-22(24)17(4)25/h5-6,8-11,14-15,17,25H,7,12-13H2,1-4H3/t17-/m1/s1. The zero-order chi connectivity index (χ0) is 18.7. The quantitative estimate of drug-likeness (QED) is 0.609. The lowest BCUT2D eigenvalue weighted by atomic mass is 10.0. The summed E-state index contributed by atoms with van der Waals surface area (Å²) in [7, 11) is 0. The van der Waals surface area contributed by atoms with E-state index in [-0.39, 0.29) is 0 Å². The molecule has 4 heteroatoms. The Kier molecular flexibility index (Phi) is 5.62. The monoisotopic (exact) mass is 352 g/mol. The van der Waals surface area contributed by atoms with Gasteiger partial charge in [0.05, 0.1) is 17.6 Å². The van der Waals surface area contributed by atoms with Gasteiger partial charge in [-0.1, -0.05) is 38.1 Å². The van der Waals surface area contributed by atoms with Crippen LogP contribution in [0.4, 0.5) is 0 Å². The molecule has 0 saturated carbocycles. The van der Waals surface area contributed by atoms with Crippen LogP contribution in [0.15, 0.2) is 42.5 Å². The topological polar surface area (TPSA) is 47.3 Å². The van der Waals surface area contributed by atoms with Gasteiger partial charge in [0.15, 0.2) is 0 Å². The maximum atomic E-state index is 10.1. The third-order valence-corrected chi connectivity index (χ3v) is 4.63. The second-order valence-corrected chi connectivity index (χ2v) is 7.18. The lowest BCUT2D eigenvalue weighted by Gasteiger charge is -2.16. The van der Waals surface area contributed by atoms with Crippen LogP contribution in [0.25, 0.3) is 11.0 Å². The van der Waals surface area contributed by atoms with Crippen LogP contribution in [0.5, 0.6) is 5.75 Å². The largest absolute Gasteiger partial charge is 0.493 e. The molecule has 0 unspecified atom stereocenters. The molecule has 0 aliphatic rings. The Labute approximate surface area is 155 Å². The summed E-state index contributed by atoms with van der Waals surface area (Å²) in [5.74, 6) is 2.13. The lowest BCUT2D eigenvalue weighted by Crippen LogP contribution is -2.10. The van der Waals surface area contributed by atoms with Crippen LogP contribution in [0.1, 0.15) is 56.2 Å². The van der Waals surface area contributed by atoms with Gasteiger partial charge in [-0.2, -0.15) is 0 Å². The van der Waals surface area contributed by atoms with Crippen molar-refractivity contribution < 1.29 is 9.84 Å². The fourth-order valence-corrected chi connectivity index (χ4v) is 3.30. The smallest absolute Gasteiger partial charge is 0.138 e. The molecule has 1 heterocycles. The number of aryl methyl sites for hydroxylation is 2. The number of ether oxygens (including phenoxy) is 1. The Balaban J connectivity index is 1.71. The number of para-hydroxylation sites is 2. The Bertz CT molecular complexity index is 881. The van der Waals surface area contributed by atoms with Crippen LogP contribution in [0.3, 0.4) is 0 Å². The second-order valence-electron chi connectivity index (χ2n) is 7.18. The number of fused-ring (bicyclic) bond motifs is 1. The van der Waals surface area contributed by atoms with Crippen molar-refractivity contribution in [3.63, 3.8) is 0 Å². The van der Waals surface area contributed by atoms with Crippen LogP contribution in [-0.4, -0.2) is 21.3 Å². The predicted octanol–water partition coefficient (Wildman–Crippen LogP) is 4.99. The van der Waals surface area contributed by atoms with E-state index in [0.29, 0.717) is 18.3 Å². The van der Waals surface area contributed by atoms with Gasteiger partial charge in [-0.25, -0.2) is 4.98 Å². The molecule has 1 N–H and O–H groups in total. The molecule has 0 bridgehead atoms. The molecule has 1 aromatic heterocycles. The van der Waals surface area contributed by atoms with Crippen LogP contribution >= 0.6 is 0 Å². The molecule has 26 heavy (non-hydrogen) atoms. The fraction of sp³-hybridized carbons (Fsp3) is 0.409. The SMILES string of the molecule is Cc1ccc(C(C)C)c(OCCCn2c([C@@H](C)O)nc3ccccc32)c1. The van der Waals surface area contributed by atoms with Gasteiger partial charge in [0.25, 0.3) is 0 Å². The van der Waals surface area contributed by atoms with Gasteiger partial charge in [-0.3, -0.25) is 0 Å². The first kappa shape index (κ1) is 18.5. The Morgan fingerprint density at radius 3 is 2.62 bits per heavy atom. The van der Waals surface area contributed by atoms with E-state index >= 15 is 0 Å². The summed E-state index contributed by atoms with van der Waals surface area (Å²) < 4.78 is 8.19. The highest BCUT2D eigenvalue weighted by Crippen LogP contribution is 2.28. The van der Waals surface area contributed by atoms with E-state index in [9.17, 15) is 5.11 Å². The second kappa shape index (κ2) is 7.92. The van der Waals surface area contributed by atoms with E-state index in [0.717, 1.165) is 29.7 Å². The van der Waals surface area contributed by atoms with Gasteiger partial charge < -0.3 is 14.4 Å². The van der Waals surface area contributed by atoms with Crippen molar-refractivity contribution >= 4 is 11.0 Å². The van der Waals surface area contributed by atoms with Crippen LogP contribution in [0, 0.1) is 6.92 Å². The number of hydrogen-bond donors (Lipinski definition) is 1. The lowest BCUT2D eigenvalue weighted by molar-refractivity contribution is 0.183. The summed E-state index contributed by atoms with van der Waals surface area (Å²) in [6.07, 6.45) is 0.263. The number of imidazole rings is 1. The van der Waals surface area contributed by atoms with Crippen molar-refractivity contribution in [3.8, 4) is 5.75 Å². The molecule has 3 aromatic rings. The fourth-order valence-electron chi connectivity index (χ4n) is 3.30. The van der Waals surface area contributed by atoms with Crippen molar-refractivity contribution in [2.24, 2.45) is 0 Å². The maximum absolute atomic E-state index is 10.1. The molecule has 3 rings (SSSR count). The summed E-state index contributed by atoms with van der Waals surface area (Å²) in [5, 5.41) is 10.1. The number of nitrogens with zero attached hydrogens (tertiary/aromatic N) is 2. The molecule has 0 fully saturated rings. The van der Waals surface area contributed by atoms with Crippen LogP contribution in [0.2, 0.25) is 0 Å². The maximum Gasteiger partial charge on any atom is 0.138 e. The third kappa shape index (κ3) is 3.91. The average Bonchev–Trinajstić information content (AvgIpc) is 2.97. The van der Waals surface area contributed by atoms with Gasteiger partial charge in [-0.05, 0) is 55.5 Å². The highest BCUT2D eigenvalue weighted by molar-refractivity contribution is 5.75. The van der Waals surface area contributed by atoms with Gasteiger partial charge in [0, 0.05) is 6.54 Å². The number of aliphatic hydroxyl groups excluding tert-OH is 1. The summed E-state index contributed by atoms with van der Waals surface area (Å²) in [5.41, 5.74) is 4.43. The zero-order valence-electron chi connectivity index (χ0n) is 16.1. The third-order valence-electron chi connectivity index (χ3n) is 4.63. The number of rotatable bonds is 7. The normalized spacial score (nSPS) is 12.7. The summed E-state index contributed by atoms with van der Waals surface area (Å²) >= 11 is 0. The van der Waals surface area contributed by atoms with Gasteiger partial charge >= 0.3 is 0 Å². The van der Waals surface area contributed by atoms with Gasteiger partial charge in [-0.15, -0.1) is 0 Å². The van der Waals surface area contributed by atoms with E-state index in [1.54, 1.807) is 6.92 Å². The molecule has 0 aliphatic heterocycles. The molecule has 0 saturated heterocycles. The van der Waals surface area contributed by atoms with E-state index in [1.807, 2.05) is 24.3 Å². The van der Waals surface area contributed by atoms with E-state index in [4.69, 9.17) is 4.74 Å². The van der Waals surface area contributed by atoms with Crippen LogP contribution < -0.4 is 4.74 Å². The average molecular weight is 352 g/mol. The van der Waals surface area contributed by atoms with Crippen LogP contribution in [-0.2, 0) is 6.54 Å². The number of benzene rings is 2. The highest BCUT2D eigenvalue weighted by atomic mass is 16.5. The molecule has 1 atom stereocenters. The van der Waals surface area contributed by atoms with Crippen molar-refractivity contribution in [1.82, 2.24) is 9.55 Å². The zero-order valence-corrected chi connectivity index (χ0v) is 16.1. The van der Waals surface area contributed by atoms with Crippen molar-refractivity contribution in [3.05, 3.63) is 59.4 Å². The summed E-state index contributed by atoms with van der Waals surface area (Å²) in [6.45, 7) is 9.62. The van der Waals surface area contributed by atoms with Crippen molar-refractivity contribution in [1.29, 1.82) is 0 Å². The molecular weight excluding hydrogens is 324 g/mol. The summed E-state index contributed by atoms with van der Waals surface area (Å²) in [6, 6.07) is 14.4. The Morgan fingerprint density at radius 2 is 1.88 bits per heavy atom. The molecule has 0 spiro atoms. The first-order chi connectivity index (χ1) is 12.5. The number of aliphatic hydroxyl groups is 1. The molecule has 4 nitrogen and oxygen atoms in total. The minimum atomic E-state index is -0.590. The first-order valence-corrected chi connectivity index (χ1v) is 9.34. The number of aromatic nitrogens is 2. The van der Waals surface area contributed by atoms with Gasteiger partial charge in [0.2, 0.25) is 0 Å². The van der Waals surface area contributed by atoms with Crippen molar-refractivity contribution in [2.75, 3.05) is 6.61 Å². The molecule has 138 valence electrons. The molecular formula is C22H28N2O2. The minimum Gasteiger partial charge on any atom is -0.493 e. The molecule has 0 aliphatic carbocycles. The van der Waals surface area contributed by atoms with Crippen molar-refractivity contribution in [2.45, 2.75) is 52.7 Å². The predicted molar refractivity (Wildman–Crippen MR) is 106 cm³/mol.